The Bertz CT molecular complexity index is 301. The Morgan fingerprint density at radius 3 is 2.76 bits per heavy atom. The molecular formula is C12H18O5. The molecule has 0 N–H and O–H groups in total. The van der Waals surface area contributed by atoms with Gasteiger partial charge in [-0.15, -0.1) is 0 Å². The van der Waals surface area contributed by atoms with E-state index in [4.69, 9.17) is 14.2 Å². The van der Waals surface area contributed by atoms with Crippen molar-refractivity contribution in [1.29, 1.82) is 0 Å². The summed E-state index contributed by atoms with van der Waals surface area (Å²) in [6, 6.07) is 0. The molecule has 2 saturated heterocycles. The maximum absolute atomic E-state index is 11.2. The zero-order valence-corrected chi connectivity index (χ0v) is 10.1. The summed E-state index contributed by atoms with van der Waals surface area (Å²) in [6.07, 6.45) is 2.01. The first-order valence-electron chi connectivity index (χ1n) is 6.06. The van der Waals surface area contributed by atoms with Crippen LogP contribution >= 0.6 is 0 Å². The summed E-state index contributed by atoms with van der Waals surface area (Å²) in [4.78, 5) is 22.2. The molecule has 0 aromatic heterocycles. The molecule has 2 fully saturated rings. The maximum atomic E-state index is 11.2. The van der Waals surface area contributed by atoms with Gasteiger partial charge in [0.05, 0.1) is 18.3 Å². The highest BCUT2D eigenvalue weighted by molar-refractivity contribution is 5.60. The van der Waals surface area contributed by atoms with E-state index < -0.39 is 6.16 Å². The van der Waals surface area contributed by atoms with E-state index in [2.05, 4.69) is 0 Å². The van der Waals surface area contributed by atoms with Gasteiger partial charge in [-0.2, -0.15) is 0 Å². The molecule has 0 saturated carbocycles. The summed E-state index contributed by atoms with van der Waals surface area (Å²) in [6.45, 7) is 3.72. The molecular weight excluding hydrogens is 224 g/mol. The quantitative estimate of drug-likeness (QED) is 0.552. The fourth-order valence-corrected chi connectivity index (χ4v) is 2.61. The summed E-state index contributed by atoms with van der Waals surface area (Å²) in [7, 11) is 0. The normalized spacial score (nSPS) is 35.0. The van der Waals surface area contributed by atoms with Crippen molar-refractivity contribution in [2.24, 2.45) is 11.8 Å². The van der Waals surface area contributed by atoms with Gasteiger partial charge in [-0.05, 0) is 26.7 Å². The van der Waals surface area contributed by atoms with Crippen LogP contribution in [-0.4, -0.2) is 37.4 Å². The molecule has 0 amide bonds. The van der Waals surface area contributed by atoms with Gasteiger partial charge >= 0.3 is 6.16 Å². The van der Waals surface area contributed by atoms with E-state index in [0.29, 0.717) is 0 Å². The van der Waals surface area contributed by atoms with Crippen molar-refractivity contribution in [2.45, 2.75) is 45.0 Å². The highest BCUT2D eigenvalue weighted by Crippen LogP contribution is 2.42. The third kappa shape index (κ3) is 2.60. The van der Waals surface area contributed by atoms with Crippen LogP contribution in [0.2, 0.25) is 0 Å². The van der Waals surface area contributed by atoms with Crippen LogP contribution in [0.3, 0.4) is 0 Å². The molecule has 96 valence electrons. The fraction of sp³-hybridized carbons (Fsp3) is 0.833. The smallest absolute Gasteiger partial charge is 0.434 e. The minimum Gasteiger partial charge on any atom is -0.434 e. The van der Waals surface area contributed by atoms with Gasteiger partial charge in [0, 0.05) is 11.8 Å². The second kappa shape index (κ2) is 5.04. The number of rotatable bonds is 4. The molecule has 0 aliphatic carbocycles. The van der Waals surface area contributed by atoms with Gasteiger partial charge in [-0.1, -0.05) is 0 Å². The van der Waals surface area contributed by atoms with E-state index in [1.165, 1.54) is 0 Å². The third-order valence-corrected chi connectivity index (χ3v) is 3.37. The SMILES string of the molecule is CC(C)OC(=O)OC[C@H]1[C@@H](C=O)[C@H]2CC[C@@H]1O2. The number of carbonyl (C=O) groups excluding carboxylic acids is 2. The first-order chi connectivity index (χ1) is 8.11. The summed E-state index contributed by atoms with van der Waals surface area (Å²) in [5, 5.41) is 0. The Labute approximate surface area is 100 Å². The summed E-state index contributed by atoms with van der Waals surface area (Å²) in [5.74, 6) is -0.147. The maximum Gasteiger partial charge on any atom is 0.508 e. The van der Waals surface area contributed by atoms with Crippen molar-refractivity contribution in [3.8, 4) is 0 Å². The first kappa shape index (κ1) is 12.4. The van der Waals surface area contributed by atoms with Crippen LogP contribution in [0, 0.1) is 11.8 Å². The van der Waals surface area contributed by atoms with E-state index >= 15 is 0 Å². The molecule has 5 heteroatoms. The van der Waals surface area contributed by atoms with E-state index in [9.17, 15) is 9.59 Å². The molecule has 0 aromatic carbocycles. The molecule has 0 unspecified atom stereocenters. The van der Waals surface area contributed by atoms with Crippen molar-refractivity contribution in [3.63, 3.8) is 0 Å². The van der Waals surface area contributed by atoms with Crippen LogP contribution in [0.25, 0.3) is 0 Å². The molecule has 2 rings (SSSR count). The average molecular weight is 242 g/mol. The summed E-state index contributed by atoms with van der Waals surface area (Å²) < 4.78 is 15.5. The number of hydrogen-bond acceptors (Lipinski definition) is 5. The van der Waals surface area contributed by atoms with E-state index in [0.717, 1.165) is 19.1 Å². The van der Waals surface area contributed by atoms with Crippen molar-refractivity contribution in [1.82, 2.24) is 0 Å². The van der Waals surface area contributed by atoms with Crippen LogP contribution in [-0.2, 0) is 19.0 Å². The minimum absolute atomic E-state index is 0.00837. The van der Waals surface area contributed by atoms with Gasteiger partial charge < -0.3 is 19.0 Å². The summed E-state index contributed by atoms with van der Waals surface area (Å²) in [5.41, 5.74) is 0. The van der Waals surface area contributed by atoms with Gasteiger partial charge in [0.15, 0.2) is 0 Å². The van der Waals surface area contributed by atoms with Crippen LogP contribution < -0.4 is 0 Å². The Balaban J connectivity index is 1.82. The van der Waals surface area contributed by atoms with Gasteiger partial charge in [0.1, 0.15) is 12.9 Å². The van der Waals surface area contributed by atoms with Gasteiger partial charge in [-0.3, -0.25) is 0 Å². The lowest BCUT2D eigenvalue weighted by atomic mass is 9.81. The molecule has 2 bridgehead atoms. The van der Waals surface area contributed by atoms with Crippen molar-refractivity contribution < 1.29 is 23.8 Å². The molecule has 2 aliphatic rings. The fourth-order valence-electron chi connectivity index (χ4n) is 2.61. The molecule has 0 radical (unpaired) electrons. The Morgan fingerprint density at radius 1 is 1.41 bits per heavy atom. The van der Waals surface area contributed by atoms with Crippen molar-refractivity contribution in [2.75, 3.05) is 6.61 Å². The molecule has 4 atom stereocenters. The number of fused-ring (bicyclic) bond motifs is 2. The van der Waals surface area contributed by atoms with Gasteiger partial charge in [0.2, 0.25) is 0 Å². The number of hydrogen-bond donors (Lipinski definition) is 0. The average Bonchev–Trinajstić information content (AvgIpc) is 2.84. The Hall–Kier alpha value is -1.10. The van der Waals surface area contributed by atoms with Crippen LogP contribution in [0.1, 0.15) is 26.7 Å². The molecule has 0 aromatic rings. The molecule has 2 aliphatic heterocycles. The standard InChI is InChI=1S/C12H18O5/c1-7(2)16-12(14)15-6-9-8(5-13)10-3-4-11(9)17-10/h5,7-11H,3-4,6H2,1-2H3/t8-,9+,10-,11+/m1/s1. The Kier molecular flexibility index (Phi) is 3.66. The molecule has 17 heavy (non-hydrogen) atoms. The number of ether oxygens (including phenoxy) is 3. The van der Waals surface area contributed by atoms with E-state index in [1.807, 2.05) is 0 Å². The monoisotopic (exact) mass is 242 g/mol. The summed E-state index contributed by atoms with van der Waals surface area (Å²) >= 11 is 0. The zero-order valence-electron chi connectivity index (χ0n) is 10.1. The van der Waals surface area contributed by atoms with Crippen LogP contribution in [0.4, 0.5) is 4.79 Å². The first-order valence-corrected chi connectivity index (χ1v) is 6.06. The van der Waals surface area contributed by atoms with E-state index in [-0.39, 0.29) is 36.8 Å². The predicted molar refractivity (Wildman–Crippen MR) is 58.5 cm³/mol. The van der Waals surface area contributed by atoms with Crippen LogP contribution in [0.15, 0.2) is 0 Å². The minimum atomic E-state index is -0.674. The number of carbonyl (C=O) groups is 2. The third-order valence-electron chi connectivity index (χ3n) is 3.37. The predicted octanol–water partition coefficient (Wildman–Crippen LogP) is 1.54. The van der Waals surface area contributed by atoms with Gasteiger partial charge in [0.25, 0.3) is 0 Å². The Morgan fingerprint density at radius 2 is 2.12 bits per heavy atom. The van der Waals surface area contributed by atoms with Crippen molar-refractivity contribution in [3.05, 3.63) is 0 Å². The zero-order chi connectivity index (χ0) is 12.4. The lowest BCUT2D eigenvalue weighted by molar-refractivity contribution is -0.114. The van der Waals surface area contributed by atoms with Crippen molar-refractivity contribution >= 4 is 12.4 Å². The van der Waals surface area contributed by atoms with Gasteiger partial charge in [-0.25, -0.2) is 4.79 Å². The topological polar surface area (TPSA) is 61.8 Å². The second-order valence-corrected chi connectivity index (χ2v) is 4.90. The second-order valence-electron chi connectivity index (χ2n) is 4.90. The molecule has 0 spiro atoms. The molecule has 5 nitrogen and oxygen atoms in total. The van der Waals surface area contributed by atoms with E-state index in [1.54, 1.807) is 13.8 Å². The lowest BCUT2D eigenvalue weighted by Crippen LogP contribution is -2.32. The van der Waals surface area contributed by atoms with Crippen LogP contribution in [0.5, 0.6) is 0 Å². The number of aldehydes is 1. The highest BCUT2D eigenvalue weighted by Gasteiger charge is 2.49. The largest absolute Gasteiger partial charge is 0.508 e. The lowest BCUT2D eigenvalue weighted by Gasteiger charge is -2.23. The molecule has 2 heterocycles. The highest BCUT2D eigenvalue weighted by atomic mass is 16.7.